The van der Waals surface area contributed by atoms with Gasteiger partial charge in [-0.3, -0.25) is 4.79 Å². The van der Waals surface area contributed by atoms with Crippen molar-refractivity contribution in [2.75, 3.05) is 25.0 Å². The normalized spacial score (nSPS) is 20.8. The molecular formula is C26H36F2N4O2. The number of aryl methyl sites for hydroxylation is 1. The molecule has 1 amide bonds. The average Bonchev–Trinajstić information content (AvgIpc) is 3.49. The zero-order chi connectivity index (χ0) is 23.9. The van der Waals surface area contributed by atoms with E-state index in [1.807, 2.05) is 10.8 Å². The first-order chi connectivity index (χ1) is 16.5. The summed E-state index contributed by atoms with van der Waals surface area (Å²) in [5.41, 5.74) is 1.38. The lowest BCUT2D eigenvalue weighted by molar-refractivity contribution is -0.120. The van der Waals surface area contributed by atoms with Crippen LogP contribution < -0.4 is 10.6 Å². The van der Waals surface area contributed by atoms with Crippen LogP contribution in [0.5, 0.6) is 0 Å². The van der Waals surface area contributed by atoms with Gasteiger partial charge in [0.25, 0.3) is 0 Å². The molecule has 1 saturated heterocycles. The molecule has 1 aromatic heterocycles. The Bertz CT molecular complexity index is 958. The first-order valence-corrected chi connectivity index (χ1v) is 12.6. The topological polar surface area (TPSA) is 68.2 Å². The Kier molecular flexibility index (Phi) is 8.67. The number of aromatic nitrogens is 2. The number of nitrogens with one attached hydrogen (secondary N) is 2. The smallest absolute Gasteiger partial charge is 0.228 e. The Morgan fingerprint density at radius 3 is 3.00 bits per heavy atom. The maximum absolute atomic E-state index is 14.3. The molecule has 0 saturated carbocycles. The Morgan fingerprint density at radius 1 is 1.32 bits per heavy atom. The number of nitrogens with zero attached hydrogens (tertiary/aromatic N) is 2. The predicted octanol–water partition coefficient (Wildman–Crippen LogP) is 4.48. The van der Waals surface area contributed by atoms with Gasteiger partial charge in [0, 0.05) is 44.4 Å². The van der Waals surface area contributed by atoms with E-state index in [-0.39, 0.29) is 17.7 Å². The molecule has 0 radical (unpaired) electrons. The van der Waals surface area contributed by atoms with Crippen LogP contribution in [0.25, 0.3) is 0 Å². The van der Waals surface area contributed by atoms with Crippen molar-refractivity contribution in [3.63, 3.8) is 0 Å². The fourth-order valence-electron chi connectivity index (χ4n) is 5.22. The van der Waals surface area contributed by atoms with Crippen LogP contribution in [0.4, 0.5) is 14.6 Å². The highest BCUT2D eigenvalue weighted by atomic mass is 19.1. The van der Waals surface area contributed by atoms with Gasteiger partial charge in [-0.05, 0) is 68.1 Å². The summed E-state index contributed by atoms with van der Waals surface area (Å²) < 4.78 is 35.4. The van der Waals surface area contributed by atoms with E-state index >= 15 is 0 Å². The van der Waals surface area contributed by atoms with E-state index in [4.69, 9.17) is 4.74 Å². The summed E-state index contributed by atoms with van der Waals surface area (Å²) in [4.78, 5) is 17.4. The van der Waals surface area contributed by atoms with Gasteiger partial charge in [-0.25, -0.2) is 13.8 Å². The average molecular weight is 475 g/mol. The van der Waals surface area contributed by atoms with E-state index < -0.39 is 11.6 Å². The van der Waals surface area contributed by atoms with Crippen LogP contribution in [0, 0.1) is 23.5 Å². The fourth-order valence-corrected chi connectivity index (χ4v) is 5.22. The monoisotopic (exact) mass is 474 g/mol. The molecule has 34 heavy (non-hydrogen) atoms. The second-order valence-electron chi connectivity index (χ2n) is 9.68. The molecular weight excluding hydrogens is 438 g/mol. The SMILES string of the molecule is CCC[C@H](C[C@H]1CCc2cc(F)cc(F)c2C1)C(=O)Nc1cn(CCNC[C@H]2CCCO2)cn1. The molecule has 2 heterocycles. The first kappa shape index (κ1) is 24.8. The molecule has 1 aliphatic carbocycles. The summed E-state index contributed by atoms with van der Waals surface area (Å²) in [5, 5.41) is 6.39. The Hall–Kier alpha value is -2.32. The number of halogens is 2. The lowest BCUT2D eigenvalue weighted by Crippen LogP contribution is -2.28. The van der Waals surface area contributed by atoms with E-state index in [1.165, 1.54) is 6.07 Å². The molecule has 0 unspecified atom stereocenters. The van der Waals surface area contributed by atoms with Crippen molar-refractivity contribution >= 4 is 11.7 Å². The number of hydrogen-bond donors (Lipinski definition) is 2. The molecule has 1 aliphatic heterocycles. The minimum absolute atomic E-state index is 0.0333. The van der Waals surface area contributed by atoms with Crippen molar-refractivity contribution in [1.29, 1.82) is 0 Å². The second kappa shape index (κ2) is 11.9. The van der Waals surface area contributed by atoms with Gasteiger partial charge in [0.1, 0.15) is 11.6 Å². The van der Waals surface area contributed by atoms with Crippen molar-refractivity contribution in [1.82, 2.24) is 14.9 Å². The van der Waals surface area contributed by atoms with Gasteiger partial charge >= 0.3 is 0 Å². The minimum Gasteiger partial charge on any atom is -0.377 e. The summed E-state index contributed by atoms with van der Waals surface area (Å²) in [5.74, 6) is -0.404. The van der Waals surface area contributed by atoms with E-state index in [0.29, 0.717) is 36.7 Å². The molecule has 2 N–H and O–H groups in total. The van der Waals surface area contributed by atoms with E-state index in [1.54, 1.807) is 6.33 Å². The molecule has 1 fully saturated rings. The second-order valence-corrected chi connectivity index (χ2v) is 9.68. The minimum atomic E-state index is -0.518. The zero-order valence-electron chi connectivity index (χ0n) is 20.0. The van der Waals surface area contributed by atoms with Gasteiger partial charge in [0.2, 0.25) is 5.91 Å². The molecule has 2 aliphatic rings. The number of ether oxygens (including phenoxy) is 1. The van der Waals surface area contributed by atoms with Crippen LogP contribution >= 0.6 is 0 Å². The maximum Gasteiger partial charge on any atom is 0.228 e. The quantitative estimate of drug-likeness (QED) is 0.471. The number of imidazole rings is 1. The van der Waals surface area contributed by atoms with Gasteiger partial charge < -0.3 is 19.9 Å². The van der Waals surface area contributed by atoms with E-state index in [9.17, 15) is 13.6 Å². The summed E-state index contributed by atoms with van der Waals surface area (Å²) in [7, 11) is 0. The zero-order valence-corrected chi connectivity index (χ0v) is 20.0. The summed E-state index contributed by atoms with van der Waals surface area (Å²) in [6.45, 7) is 5.37. The Morgan fingerprint density at radius 2 is 2.21 bits per heavy atom. The van der Waals surface area contributed by atoms with Crippen LogP contribution in [0.15, 0.2) is 24.7 Å². The third-order valence-corrected chi connectivity index (χ3v) is 7.02. The molecule has 0 bridgehead atoms. The van der Waals surface area contributed by atoms with Crippen LogP contribution in [-0.2, 0) is 28.9 Å². The molecule has 4 rings (SSSR count). The molecule has 8 heteroatoms. The van der Waals surface area contributed by atoms with E-state index in [0.717, 1.165) is 70.0 Å². The van der Waals surface area contributed by atoms with Gasteiger partial charge in [-0.2, -0.15) is 0 Å². The van der Waals surface area contributed by atoms with Crippen molar-refractivity contribution in [2.24, 2.45) is 11.8 Å². The van der Waals surface area contributed by atoms with Crippen molar-refractivity contribution < 1.29 is 18.3 Å². The lowest BCUT2D eigenvalue weighted by Gasteiger charge is -2.28. The van der Waals surface area contributed by atoms with Crippen molar-refractivity contribution in [3.05, 3.63) is 47.4 Å². The first-order valence-electron chi connectivity index (χ1n) is 12.6. The number of carbonyl (C=O) groups is 1. The van der Waals surface area contributed by atoms with Crippen LogP contribution in [-0.4, -0.2) is 41.3 Å². The van der Waals surface area contributed by atoms with Crippen molar-refractivity contribution in [3.8, 4) is 0 Å². The number of benzene rings is 1. The molecule has 6 nitrogen and oxygen atoms in total. The lowest BCUT2D eigenvalue weighted by atomic mass is 9.78. The molecule has 1 aromatic carbocycles. The number of hydrogen-bond acceptors (Lipinski definition) is 4. The van der Waals surface area contributed by atoms with Crippen molar-refractivity contribution in [2.45, 2.75) is 70.9 Å². The number of fused-ring (bicyclic) bond motifs is 1. The Labute approximate surface area is 200 Å². The standard InChI is InChI=1S/C26H36F2N4O2/c1-2-4-20(11-18-6-7-19-13-21(27)14-24(28)23(19)12-18)26(33)31-25-16-32(17-30-25)9-8-29-15-22-5-3-10-34-22/h13-14,16-18,20,22,29H,2-12,15H2,1H3,(H,31,33)/t18-,20-,22-/m1/s1. The van der Waals surface area contributed by atoms with Crippen LogP contribution in [0.1, 0.15) is 56.6 Å². The highest BCUT2D eigenvalue weighted by Crippen LogP contribution is 2.33. The third-order valence-electron chi connectivity index (χ3n) is 7.02. The third kappa shape index (κ3) is 6.63. The Balaban J connectivity index is 1.26. The number of anilines is 1. The molecule has 186 valence electrons. The fraction of sp³-hybridized carbons (Fsp3) is 0.615. The molecule has 3 atom stereocenters. The van der Waals surface area contributed by atoms with Gasteiger partial charge in [-0.1, -0.05) is 13.3 Å². The summed E-state index contributed by atoms with van der Waals surface area (Å²) >= 11 is 0. The van der Waals surface area contributed by atoms with Gasteiger partial charge in [-0.15, -0.1) is 0 Å². The highest BCUT2D eigenvalue weighted by molar-refractivity contribution is 5.91. The van der Waals surface area contributed by atoms with Crippen LogP contribution in [0.2, 0.25) is 0 Å². The summed E-state index contributed by atoms with van der Waals surface area (Å²) in [6, 6.07) is 2.41. The maximum atomic E-state index is 14.3. The van der Waals surface area contributed by atoms with Gasteiger partial charge in [0.15, 0.2) is 5.82 Å². The molecule has 0 spiro atoms. The van der Waals surface area contributed by atoms with Crippen LogP contribution in [0.3, 0.4) is 0 Å². The largest absolute Gasteiger partial charge is 0.377 e. The highest BCUT2D eigenvalue weighted by Gasteiger charge is 2.28. The summed E-state index contributed by atoms with van der Waals surface area (Å²) in [6.07, 6.45) is 10.6. The number of amides is 1. The number of rotatable bonds is 11. The molecule has 2 aromatic rings. The van der Waals surface area contributed by atoms with Gasteiger partial charge in [0.05, 0.1) is 12.4 Å². The predicted molar refractivity (Wildman–Crippen MR) is 128 cm³/mol. The van der Waals surface area contributed by atoms with E-state index in [2.05, 4.69) is 22.5 Å². The number of carbonyl (C=O) groups excluding carboxylic acids is 1.